The molecular weight excluding hydrogens is 414 g/mol. The lowest BCUT2D eigenvalue weighted by Gasteiger charge is -2.20. The third-order valence-corrected chi connectivity index (χ3v) is 7.14. The smallest absolute Gasteiger partial charge is 0.146 e. The molecule has 0 aliphatic carbocycles. The molecular formula is C27H41NO3Si. The molecule has 0 aliphatic heterocycles. The van der Waals surface area contributed by atoms with Crippen molar-refractivity contribution in [2.45, 2.75) is 63.8 Å². The van der Waals surface area contributed by atoms with Crippen LogP contribution in [0, 0.1) is 0 Å². The van der Waals surface area contributed by atoms with Gasteiger partial charge in [0.1, 0.15) is 12.6 Å². The van der Waals surface area contributed by atoms with E-state index in [4.69, 9.17) is 9.47 Å². The maximum absolute atomic E-state index is 12.0. The summed E-state index contributed by atoms with van der Waals surface area (Å²) in [6.07, 6.45) is 4.18. The van der Waals surface area contributed by atoms with Crippen LogP contribution in [0.15, 0.2) is 60.7 Å². The van der Waals surface area contributed by atoms with Crippen molar-refractivity contribution in [3.63, 3.8) is 0 Å². The number of Topliss-reactive ketones (excluding diaryl/α,β-unsaturated/α-hetero) is 1. The Morgan fingerprint density at radius 1 is 0.812 bits per heavy atom. The Morgan fingerprint density at radius 2 is 1.41 bits per heavy atom. The Bertz CT molecular complexity index is 707. The van der Waals surface area contributed by atoms with Crippen LogP contribution in [-0.2, 0) is 14.3 Å². The van der Waals surface area contributed by atoms with Gasteiger partial charge in [0, 0.05) is 27.5 Å². The van der Waals surface area contributed by atoms with Crippen LogP contribution in [0.4, 0.5) is 0 Å². The molecule has 0 atom stereocenters. The van der Waals surface area contributed by atoms with Gasteiger partial charge in [-0.3, -0.25) is 4.79 Å². The van der Waals surface area contributed by atoms with Gasteiger partial charge in [-0.25, -0.2) is 0 Å². The Balaban J connectivity index is 1.55. The summed E-state index contributed by atoms with van der Waals surface area (Å²) in [6, 6.07) is 22.5. The number of benzene rings is 2. The molecule has 2 aromatic rings. The second-order valence-corrected chi connectivity index (χ2v) is 15.2. The van der Waals surface area contributed by atoms with Crippen LogP contribution < -0.4 is 5.32 Å². The first-order valence-electron chi connectivity index (χ1n) is 12.0. The van der Waals surface area contributed by atoms with Crippen LogP contribution >= 0.6 is 0 Å². The summed E-state index contributed by atoms with van der Waals surface area (Å²) in [5.74, 6) is 0.284. The number of ketones is 1. The molecule has 0 amide bonds. The highest BCUT2D eigenvalue weighted by Gasteiger charge is 2.13. The van der Waals surface area contributed by atoms with E-state index in [1.54, 1.807) is 0 Å². The van der Waals surface area contributed by atoms with E-state index in [1.807, 2.05) is 0 Å². The molecule has 0 saturated carbocycles. The maximum atomic E-state index is 12.0. The predicted molar refractivity (Wildman–Crippen MR) is 136 cm³/mol. The topological polar surface area (TPSA) is 47.6 Å². The van der Waals surface area contributed by atoms with E-state index in [0.717, 1.165) is 38.5 Å². The number of unbranched alkanes of at least 4 members (excludes halogenated alkanes) is 2. The van der Waals surface area contributed by atoms with E-state index in [9.17, 15) is 4.79 Å². The quantitative estimate of drug-likeness (QED) is 0.175. The molecule has 2 rings (SSSR count). The summed E-state index contributed by atoms with van der Waals surface area (Å²) >= 11 is 0. The van der Waals surface area contributed by atoms with E-state index in [-0.39, 0.29) is 11.8 Å². The minimum atomic E-state index is -1.05. The number of hydrogen-bond donors (Lipinski definition) is 1. The summed E-state index contributed by atoms with van der Waals surface area (Å²) in [5.41, 5.74) is 2.55. The van der Waals surface area contributed by atoms with Gasteiger partial charge in [-0.2, -0.15) is 0 Å². The summed E-state index contributed by atoms with van der Waals surface area (Å²) in [7, 11) is -1.05. The van der Waals surface area contributed by atoms with Crippen LogP contribution in [0.1, 0.15) is 49.3 Å². The van der Waals surface area contributed by atoms with Crippen LogP contribution in [-0.4, -0.2) is 40.4 Å². The molecule has 176 valence electrons. The molecule has 2 aromatic carbocycles. The molecule has 0 fully saturated rings. The van der Waals surface area contributed by atoms with Crippen LogP contribution in [0.25, 0.3) is 0 Å². The van der Waals surface area contributed by atoms with Crippen LogP contribution in [0.3, 0.4) is 0 Å². The first kappa shape index (κ1) is 26.5. The number of nitrogens with one attached hydrogen (secondary N) is 1. The van der Waals surface area contributed by atoms with Crippen molar-refractivity contribution in [2.24, 2.45) is 0 Å². The molecule has 0 spiro atoms. The maximum Gasteiger partial charge on any atom is 0.146 e. The molecule has 0 aromatic heterocycles. The van der Waals surface area contributed by atoms with E-state index in [2.05, 4.69) is 85.6 Å². The number of carbonyl (C=O) groups excluding carboxylic acids is 1. The van der Waals surface area contributed by atoms with Gasteiger partial charge in [0.25, 0.3) is 0 Å². The van der Waals surface area contributed by atoms with Gasteiger partial charge < -0.3 is 14.8 Å². The largest absolute Gasteiger partial charge is 0.356 e. The highest BCUT2D eigenvalue weighted by atomic mass is 28.3. The molecule has 0 aliphatic rings. The van der Waals surface area contributed by atoms with Crippen molar-refractivity contribution in [1.82, 2.24) is 5.32 Å². The monoisotopic (exact) mass is 455 g/mol. The van der Waals surface area contributed by atoms with Gasteiger partial charge in [-0.05, 0) is 36.6 Å². The summed E-state index contributed by atoms with van der Waals surface area (Å²) in [4.78, 5) is 12.0. The zero-order valence-corrected chi connectivity index (χ0v) is 21.1. The van der Waals surface area contributed by atoms with Gasteiger partial charge in [0.05, 0.1) is 12.6 Å². The fraction of sp³-hybridized carbons (Fsp3) is 0.519. The molecule has 4 nitrogen and oxygen atoms in total. The first-order valence-corrected chi connectivity index (χ1v) is 15.7. The van der Waals surface area contributed by atoms with E-state index in [0.29, 0.717) is 26.2 Å². The van der Waals surface area contributed by atoms with Crippen LogP contribution in [0.5, 0.6) is 0 Å². The number of ether oxygens (including phenoxy) is 2. The van der Waals surface area contributed by atoms with Crippen molar-refractivity contribution in [1.29, 1.82) is 0 Å². The average molecular weight is 456 g/mol. The van der Waals surface area contributed by atoms with Crippen molar-refractivity contribution < 1.29 is 14.3 Å². The normalized spacial score (nSPS) is 11.8. The third-order valence-electron chi connectivity index (χ3n) is 5.43. The van der Waals surface area contributed by atoms with Crippen molar-refractivity contribution in [3.8, 4) is 0 Å². The van der Waals surface area contributed by atoms with Crippen molar-refractivity contribution in [3.05, 3.63) is 71.8 Å². The second-order valence-electron chi connectivity index (χ2n) is 9.55. The molecule has 0 saturated heterocycles. The Morgan fingerprint density at radius 3 is 2.00 bits per heavy atom. The van der Waals surface area contributed by atoms with Gasteiger partial charge in [-0.1, -0.05) is 86.7 Å². The van der Waals surface area contributed by atoms with Gasteiger partial charge in [0.15, 0.2) is 0 Å². The van der Waals surface area contributed by atoms with Crippen molar-refractivity contribution >= 4 is 13.9 Å². The molecule has 0 radical (unpaired) electrons. The highest BCUT2D eigenvalue weighted by molar-refractivity contribution is 6.76. The van der Waals surface area contributed by atoms with E-state index < -0.39 is 8.07 Å². The summed E-state index contributed by atoms with van der Waals surface area (Å²) in [5, 5.41) is 3.69. The Kier molecular flexibility index (Phi) is 12.5. The Hall–Kier alpha value is -1.79. The lowest BCUT2D eigenvalue weighted by atomic mass is 9.98. The number of carbonyl (C=O) groups is 1. The van der Waals surface area contributed by atoms with E-state index >= 15 is 0 Å². The molecule has 5 heteroatoms. The van der Waals surface area contributed by atoms with E-state index in [1.165, 1.54) is 11.1 Å². The summed E-state index contributed by atoms with van der Waals surface area (Å²) < 4.78 is 10.9. The lowest BCUT2D eigenvalue weighted by molar-refractivity contribution is -0.121. The van der Waals surface area contributed by atoms with Gasteiger partial charge >= 0.3 is 0 Å². The van der Waals surface area contributed by atoms with Gasteiger partial charge in [-0.15, -0.1) is 0 Å². The minimum Gasteiger partial charge on any atom is -0.356 e. The zero-order chi connectivity index (χ0) is 23.1. The standard InChI is InChI=1S/C27H41NO3Si/c1-32(2,3)22-21-31-23-30-20-18-26(29)17-11-6-12-19-28-27(24-13-7-4-8-14-24)25-15-9-5-10-16-25/h4-5,7-10,13-16,27-28H,6,11-12,17-23H2,1-3H3. The fourth-order valence-corrected chi connectivity index (χ4v) is 4.21. The predicted octanol–water partition coefficient (Wildman–Crippen LogP) is 6.21. The molecule has 1 N–H and O–H groups in total. The molecule has 32 heavy (non-hydrogen) atoms. The minimum absolute atomic E-state index is 0.198. The molecule has 0 heterocycles. The van der Waals surface area contributed by atoms with Crippen LogP contribution in [0.2, 0.25) is 25.7 Å². The zero-order valence-electron chi connectivity index (χ0n) is 20.1. The van der Waals surface area contributed by atoms with Crippen molar-refractivity contribution in [2.75, 3.05) is 26.6 Å². The second kappa shape index (κ2) is 15.1. The first-order chi connectivity index (χ1) is 15.5. The average Bonchev–Trinajstić information content (AvgIpc) is 2.78. The number of hydrogen-bond acceptors (Lipinski definition) is 4. The summed E-state index contributed by atoms with van der Waals surface area (Å²) in [6.45, 7) is 9.44. The molecule has 0 bridgehead atoms. The SMILES string of the molecule is C[Si](C)(C)CCOCOCCC(=O)CCCCCNC(c1ccccc1)c1ccccc1. The Labute approximate surface area is 195 Å². The van der Waals surface area contributed by atoms with Gasteiger partial charge in [0.2, 0.25) is 0 Å². The fourth-order valence-electron chi connectivity index (χ4n) is 3.46. The highest BCUT2D eigenvalue weighted by Crippen LogP contribution is 2.21. The lowest BCUT2D eigenvalue weighted by Crippen LogP contribution is -2.23. The third kappa shape index (κ3) is 11.7. The molecule has 0 unspecified atom stereocenters. The number of rotatable bonds is 17.